The van der Waals surface area contributed by atoms with Gasteiger partial charge in [0.15, 0.2) is 5.78 Å². The summed E-state index contributed by atoms with van der Waals surface area (Å²) in [6.45, 7) is 2.28. The minimum absolute atomic E-state index is 0.270. The van der Waals surface area contributed by atoms with Crippen molar-refractivity contribution in [3.05, 3.63) is 20.8 Å². The summed E-state index contributed by atoms with van der Waals surface area (Å²) in [5, 5.41) is 1.97. The van der Waals surface area contributed by atoms with E-state index in [1.54, 1.807) is 11.3 Å². The number of Topliss-reactive ketones (excluding diaryl/α,β-unsaturated/α-hetero) is 1. The molecule has 0 radical (unpaired) electrons. The Bertz CT molecular complexity index is 350. The average Bonchev–Trinajstić information content (AvgIpc) is 2.65. The van der Waals surface area contributed by atoms with Crippen LogP contribution in [0.5, 0.6) is 0 Å². The maximum absolute atomic E-state index is 12.2. The molecule has 1 aromatic heterocycles. The van der Waals surface area contributed by atoms with E-state index >= 15 is 0 Å². The van der Waals surface area contributed by atoms with E-state index in [9.17, 15) is 4.79 Å². The van der Waals surface area contributed by atoms with Crippen LogP contribution in [-0.4, -0.2) is 5.78 Å². The van der Waals surface area contributed by atoms with Crippen molar-refractivity contribution in [3.8, 4) is 0 Å². The molecule has 2 rings (SSSR count). The molecule has 0 amide bonds. The van der Waals surface area contributed by atoms with Crippen LogP contribution in [0.25, 0.3) is 0 Å². The van der Waals surface area contributed by atoms with Gasteiger partial charge in [0.25, 0.3) is 0 Å². The lowest BCUT2D eigenvalue weighted by atomic mass is 9.80. The number of carbonyl (C=O) groups is 1. The SMILES string of the molecule is CC1CCC(C(=O)c2ccsc2Br)CC1. The summed E-state index contributed by atoms with van der Waals surface area (Å²) in [5.74, 6) is 1.42. The van der Waals surface area contributed by atoms with Crippen molar-refractivity contribution in [1.82, 2.24) is 0 Å². The van der Waals surface area contributed by atoms with E-state index in [-0.39, 0.29) is 5.92 Å². The first-order chi connectivity index (χ1) is 7.18. The Morgan fingerprint density at radius 2 is 2.07 bits per heavy atom. The molecule has 0 N–H and O–H groups in total. The fraction of sp³-hybridized carbons (Fsp3) is 0.583. The van der Waals surface area contributed by atoms with Crippen molar-refractivity contribution in [2.24, 2.45) is 11.8 Å². The van der Waals surface area contributed by atoms with E-state index < -0.39 is 0 Å². The molecule has 0 bridgehead atoms. The van der Waals surface area contributed by atoms with Crippen molar-refractivity contribution in [3.63, 3.8) is 0 Å². The van der Waals surface area contributed by atoms with Gasteiger partial charge in [0.05, 0.1) is 3.79 Å². The van der Waals surface area contributed by atoms with Crippen LogP contribution in [0.15, 0.2) is 15.2 Å². The quantitative estimate of drug-likeness (QED) is 0.731. The van der Waals surface area contributed by atoms with Crippen LogP contribution in [0.1, 0.15) is 43.0 Å². The van der Waals surface area contributed by atoms with Gasteiger partial charge >= 0.3 is 0 Å². The molecule has 1 aliphatic rings. The Morgan fingerprint density at radius 3 is 2.60 bits per heavy atom. The first-order valence-electron chi connectivity index (χ1n) is 5.45. The largest absolute Gasteiger partial charge is 0.294 e. The molecule has 0 spiro atoms. The number of carbonyl (C=O) groups excluding carboxylic acids is 1. The standard InChI is InChI=1S/C12H15BrOS/c1-8-2-4-9(5-3-8)11(14)10-6-7-15-12(10)13/h6-9H,2-5H2,1H3. The molecular weight excluding hydrogens is 272 g/mol. The number of ketones is 1. The summed E-state index contributed by atoms with van der Waals surface area (Å²) in [7, 11) is 0. The number of halogens is 1. The van der Waals surface area contributed by atoms with Gasteiger partial charge in [0.2, 0.25) is 0 Å². The summed E-state index contributed by atoms with van der Waals surface area (Å²) in [6, 6.07) is 1.94. The molecule has 82 valence electrons. The van der Waals surface area contributed by atoms with Gasteiger partial charge in [-0.2, -0.15) is 0 Å². The van der Waals surface area contributed by atoms with Crippen molar-refractivity contribution >= 4 is 33.0 Å². The molecule has 0 unspecified atom stereocenters. The summed E-state index contributed by atoms with van der Waals surface area (Å²) >= 11 is 5.04. The Morgan fingerprint density at radius 1 is 1.40 bits per heavy atom. The molecule has 1 aromatic rings. The van der Waals surface area contributed by atoms with Crippen LogP contribution >= 0.6 is 27.3 Å². The molecule has 0 aromatic carbocycles. The number of hydrogen-bond acceptors (Lipinski definition) is 2. The fourth-order valence-electron chi connectivity index (χ4n) is 2.21. The molecule has 1 nitrogen and oxygen atoms in total. The molecule has 1 fully saturated rings. The van der Waals surface area contributed by atoms with Crippen LogP contribution < -0.4 is 0 Å². The molecule has 1 aliphatic carbocycles. The van der Waals surface area contributed by atoms with Gasteiger partial charge in [-0.05, 0) is 46.1 Å². The van der Waals surface area contributed by atoms with Crippen LogP contribution in [0, 0.1) is 11.8 Å². The average molecular weight is 287 g/mol. The maximum Gasteiger partial charge on any atom is 0.167 e. The number of hydrogen-bond donors (Lipinski definition) is 0. The normalized spacial score (nSPS) is 26.5. The Balaban J connectivity index is 2.06. The fourth-order valence-corrected chi connectivity index (χ4v) is 3.48. The Hall–Kier alpha value is -0.150. The maximum atomic E-state index is 12.2. The summed E-state index contributed by atoms with van der Waals surface area (Å²) in [6.07, 6.45) is 4.56. The molecular formula is C12H15BrOS. The molecule has 0 aliphatic heterocycles. The molecule has 3 heteroatoms. The molecule has 1 saturated carbocycles. The summed E-state index contributed by atoms with van der Waals surface area (Å²) < 4.78 is 0.992. The van der Waals surface area contributed by atoms with E-state index in [1.807, 2.05) is 11.4 Å². The zero-order valence-corrected chi connectivity index (χ0v) is 11.2. The molecule has 0 saturated heterocycles. The smallest absolute Gasteiger partial charge is 0.167 e. The van der Waals surface area contributed by atoms with Gasteiger partial charge in [0.1, 0.15) is 0 Å². The van der Waals surface area contributed by atoms with Gasteiger partial charge < -0.3 is 0 Å². The van der Waals surface area contributed by atoms with E-state index in [1.165, 1.54) is 12.8 Å². The van der Waals surface area contributed by atoms with Gasteiger partial charge in [0, 0.05) is 11.5 Å². The topological polar surface area (TPSA) is 17.1 Å². The monoisotopic (exact) mass is 286 g/mol. The van der Waals surface area contributed by atoms with E-state index in [0.29, 0.717) is 5.78 Å². The van der Waals surface area contributed by atoms with Crippen LogP contribution in [-0.2, 0) is 0 Å². The highest BCUT2D eigenvalue weighted by molar-refractivity contribution is 9.11. The lowest BCUT2D eigenvalue weighted by Gasteiger charge is -2.24. The predicted molar refractivity (Wildman–Crippen MR) is 67.5 cm³/mol. The lowest BCUT2D eigenvalue weighted by molar-refractivity contribution is 0.0875. The molecule has 15 heavy (non-hydrogen) atoms. The zero-order chi connectivity index (χ0) is 10.8. The van der Waals surface area contributed by atoms with E-state index in [4.69, 9.17) is 0 Å². The first kappa shape index (κ1) is 11.3. The Kier molecular flexibility index (Phi) is 3.62. The van der Waals surface area contributed by atoms with E-state index in [2.05, 4.69) is 22.9 Å². The predicted octanol–water partition coefficient (Wildman–Crippen LogP) is 4.52. The third-order valence-electron chi connectivity index (χ3n) is 3.27. The van der Waals surface area contributed by atoms with Crippen LogP contribution in [0.2, 0.25) is 0 Å². The van der Waals surface area contributed by atoms with Gasteiger partial charge in [-0.1, -0.05) is 19.8 Å². The number of rotatable bonds is 2. The zero-order valence-electron chi connectivity index (χ0n) is 8.83. The van der Waals surface area contributed by atoms with Crippen molar-refractivity contribution < 1.29 is 4.79 Å². The lowest BCUT2D eigenvalue weighted by Crippen LogP contribution is -2.20. The number of thiophene rings is 1. The second-order valence-electron chi connectivity index (χ2n) is 4.43. The van der Waals surface area contributed by atoms with Gasteiger partial charge in [-0.3, -0.25) is 4.79 Å². The Labute approximate surface area is 103 Å². The third kappa shape index (κ3) is 2.51. The summed E-state index contributed by atoms with van der Waals surface area (Å²) in [5.41, 5.74) is 0.888. The second kappa shape index (κ2) is 4.79. The minimum atomic E-state index is 0.270. The van der Waals surface area contributed by atoms with Crippen molar-refractivity contribution in [2.45, 2.75) is 32.6 Å². The van der Waals surface area contributed by atoms with Crippen LogP contribution in [0.3, 0.4) is 0 Å². The second-order valence-corrected chi connectivity index (χ2v) is 6.66. The highest BCUT2D eigenvalue weighted by atomic mass is 79.9. The van der Waals surface area contributed by atoms with Gasteiger partial charge in [-0.25, -0.2) is 0 Å². The summed E-state index contributed by atoms with van der Waals surface area (Å²) in [4.78, 5) is 12.2. The molecule has 0 atom stereocenters. The van der Waals surface area contributed by atoms with Crippen molar-refractivity contribution in [2.75, 3.05) is 0 Å². The first-order valence-corrected chi connectivity index (χ1v) is 7.13. The molecule has 1 heterocycles. The van der Waals surface area contributed by atoms with Crippen LogP contribution in [0.4, 0.5) is 0 Å². The third-order valence-corrected chi connectivity index (χ3v) is 4.96. The minimum Gasteiger partial charge on any atom is -0.294 e. The van der Waals surface area contributed by atoms with Gasteiger partial charge in [-0.15, -0.1) is 11.3 Å². The van der Waals surface area contributed by atoms with E-state index in [0.717, 1.165) is 28.1 Å². The highest BCUT2D eigenvalue weighted by Crippen LogP contribution is 2.33. The van der Waals surface area contributed by atoms with Crippen molar-refractivity contribution in [1.29, 1.82) is 0 Å². The highest BCUT2D eigenvalue weighted by Gasteiger charge is 2.26.